The maximum atomic E-state index is 12.8. The van der Waals surface area contributed by atoms with Gasteiger partial charge in [-0.2, -0.15) is 0 Å². The molecule has 0 radical (unpaired) electrons. The number of urea groups is 1. The van der Waals surface area contributed by atoms with Gasteiger partial charge in [-0.3, -0.25) is 24.1 Å². The SMILES string of the molecule is O=C(COC(=O)CN1C(=O)NC2(CCCCC2)C1=O)Nc1ccccc1C(=O)c1ccccc1. The van der Waals surface area contributed by atoms with E-state index >= 15 is 0 Å². The molecule has 1 heterocycles. The minimum atomic E-state index is -0.929. The Balaban J connectivity index is 1.33. The maximum Gasteiger partial charge on any atom is 0.326 e. The van der Waals surface area contributed by atoms with Gasteiger partial charge in [-0.05, 0) is 25.0 Å². The molecule has 0 bridgehead atoms. The standard InChI is InChI=1S/C25H25N3O6/c29-20(26-19-12-6-5-11-18(19)22(31)17-9-3-1-4-10-17)16-34-21(30)15-28-23(32)25(27-24(28)33)13-7-2-8-14-25/h1,3-6,9-12H,2,7-8,13-16H2,(H,26,29)(H,27,33). The third kappa shape index (κ3) is 4.83. The number of para-hydroxylation sites is 1. The zero-order valence-corrected chi connectivity index (χ0v) is 18.5. The smallest absolute Gasteiger partial charge is 0.326 e. The highest BCUT2D eigenvalue weighted by Crippen LogP contribution is 2.33. The predicted molar refractivity (Wildman–Crippen MR) is 122 cm³/mol. The molecule has 1 aliphatic heterocycles. The van der Waals surface area contributed by atoms with Crippen LogP contribution in [-0.2, 0) is 19.1 Å². The van der Waals surface area contributed by atoms with E-state index < -0.39 is 42.5 Å². The van der Waals surface area contributed by atoms with Crippen molar-refractivity contribution in [2.75, 3.05) is 18.5 Å². The van der Waals surface area contributed by atoms with Crippen molar-refractivity contribution < 1.29 is 28.7 Å². The van der Waals surface area contributed by atoms with Crippen molar-refractivity contribution in [3.8, 4) is 0 Å². The Labute approximate surface area is 196 Å². The normalized spacial score (nSPS) is 16.8. The summed E-state index contributed by atoms with van der Waals surface area (Å²) in [6.45, 7) is -1.19. The molecule has 2 aliphatic rings. The monoisotopic (exact) mass is 463 g/mol. The summed E-state index contributed by atoms with van der Waals surface area (Å²) in [6, 6.07) is 14.5. The first-order valence-electron chi connectivity index (χ1n) is 11.2. The topological polar surface area (TPSA) is 122 Å². The number of hydrogen-bond donors (Lipinski definition) is 2. The van der Waals surface area contributed by atoms with E-state index in [4.69, 9.17) is 4.74 Å². The quantitative estimate of drug-likeness (QED) is 0.370. The molecular weight excluding hydrogens is 438 g/mol. The van der Waals surface area contributed by atoms with Crippen LogP contribution in [0.25, 0.3) is 0 Å². The molecule has 0 atom stereocenters. The van der Waals surface area contributed by atoms with Crippen molar-refractivity contribution in [2.45, 2.75) is 37.6 Å². The number of nitrogens with one attached hydrogen (secondary N) is 2. The number of ketones is 1. The molecule has 176 valence electrons. The van der Waals surface area contributed by atoms with Crippen LogP contribution in [0.4, 0.5) is 10.5 Å². The molecular formula is C25H25N3O6. The van der Waals surface area contributed by atoms with Gasteiger partial charge < -0.3 is 15.4 Å². The third-order valence-electron chi connectivity index (χ3n) is 6.09. The van der Waals surface area contributed by atoms with Gasteiger partial charge in [0, 0.05) is 11.1 Å². The number of amides is 4. The number of ether oxygens (including phenoxy) is 1. The van der Waals surface area contributed by atoms with Crippen LogP contribution in [0.3, 0.4) is 0 Å². The van der Waals surface area contributed by atoms with Gasteiger partial charge in [0.1, 0.15) is 12.1 Å². The van der Waals surface area contributed by atoms with Crippen LogP contribution < -0.4 is 10.6 Å². The summed E-state index contributed by atoms with van der Waals surface area (Å²) in [5, 5.41) is 5.30. The van der Waals surface area contributed by atoms with Crippen LogP contribution in [0.15, 0.2) is 54.6 Å². The molecule has 0 unspecified atom stereocenters. The Kier molecular flexibility index (Phi) is 6.72. The van der Waals surface area contributed by atoms with Crippen LogP contribution in [0.1, 0.15) is 48.0 Å². The molecule has 1 aliphatic carbocycles. The number of anilines is 1. The number of rotatable bonds is 7. The number of nitrogens with zero attached hydrogens (tertiary/aromatic N) is 1. The zero-order valence-electron chi connectivity index (χ0n) is 18.5. The Hall–Kier alpha value is -4.01. The minimum Gasteiger partial charge on any atom is -0.454 e. The van der Waals surface area contributed by atoms with Crippen LogP contribution in [-0.4, -0.2) is 53.2 Å². The van der Waals surface area contributed by atoms with E-state index in [9.17, 15) is 24.0 Å². The average Bonchev–Trinajstić information content (AvgIpc) is 3.07. The largest absolute Gasteiger partial charge is 0.454 e. The summed E-state index contributed by atoms with van der Waals surface area (Å²) < 4.78 is 4.99. The second-order valence-corrected chi connectivity index (χ2v) is 8.41. The first-order chi connectivity index (χ1) is 16.4. The number of imide groups is 1. The highest BCUT2D eigenvalue weighted by molar-refractivity contribution is 6.14. The summed E-state index contributed by atoms with van der Waals surface area (Å²) in [6.07, 6.45) is 3.76. The van der Waals surface area contributed by atoms with Gasteiger partial charge in [-0.1, -0.05) is 61.7 Å². The van der Waals surface area contributed by atoms with Crippen LogP contribution in [0.5, 0.6) is 0 Å². The van der Waals surface area contributed by atoms with Crippen molar-refractivity contribution in [1.82, 2.24) is 10.2 Å². The lowest BCUT2D eigenvalue weighted by Crippen LogP contribution is -2.48. The molecule has 1 spiro atoms. The van der Waals surface area contributed by atoms with Gasteiger partial charge in [0.25, 0.3) is 11.8 Å². The molecule has 9 nitrogen and oxygen atoms in total. The fourth-order valence-corrected chi connectivity index (χ4v) is 4.36. The molecule has 2 aromatic rings. The lowest BCUT2D eigenvalue weighted by Gasteiger charge is -2.30. The Morgan fingerprint density at radius 1 is 0.941 bits per heavy atom. The van der Waals surface area contributed by atoms with Gasteiger partial charge >= 0.3 is 12.0 Å². The summed E-state index contributed by atoms with van der Waals surface area (Å²) in [5.74, 6) is -2.21. The Morgan fingerprint density at radius 2 is 1.62 bits per heavy atom. The highest BCUT2D eigenvalue weighted by atomic mass is 16.5. The molecule has 2 N–H and O–H groups in total. The van der Waals surface area contributed by atoms with Gasteiger partial charge in [0.05, 0.1) is 5.69 Å². The summed E-state index contributed by atoms with van der Waals surface area (Å²) in [5.41, 5.74) is 0.123. The van der Waals surface area contributed by atoms with Gasteiger partial charge in [-0.15, -0.1) is 0 Å². The molecule has 34 heavy (non-hydrogen) atoms. The van der Waals surface area contributed by atoms with Crippen molar-refractivity contribution in [3.63, 3.8) is 0 Å². The van der Waals surface area contributed by atoms with Gasteiger partial charge in [0.2, 0.25) is 0 Å². The van der Waals surface area contributed by atoms with Crippen molar-refractivity contribution >= 4 is 35.3 Å². The predicted octanol–water partition coefficient (Wildman–Crippen LogP) is 2.65. The van der Waals surface area contributed by atoms with E-state index in [1.54, 1.807) is 54.6 Å². The van der Waals surface area contributed by atoms with E-state index in [0.717, 1.165) is 24.2 Å². The number of hydrogen-bond acceptors (Lipinski definition) is 6. The summed E-state index contributed by atoms with van der Waals surface area (Å²) >= 11 is 0. The fourth-order valence-electron chi connectivity index (χ4n) is 4.36. The number of carbonyl (C=O) groups excluding carboxylic acids is 5. The van der Waals surface area contributed by atoms with Crippen molar-refractivity contribution in [1.29, 1.82) is 0 Å². The van der Waals surface area contributed by atoms with Crippen LogP contribution in [0, 0.1) is 0 Å². The van der Waals surface area contributed by atoms with E-state index in [-0.39, 0.29) is 11.5 Å². The van der Waals surface area contributed by atoms with Crippen molar-refractivity contribution in [3.05, 3.63) is 65.7 Å². The summed E-state index contributed by atoms with van der Waals surface area (Å²) in [4.78, 5) is 63.3. The lowest BCUT2D eigenvalue weighted by molar-refractivity contribution is -0.150. The molecule has 2 fully saturated rings. The van der Waals surface area contributed by atoms with E-state index in [0.29, 0.717) is 24.0 Å². The Morgan fingerprint density at radius 3 is 2.35 bits per heavy atom. The van der Waals surface area contributed by atoms with Gasteiger partial charge in [0.15, 0.2) is 12.4 Å². The fraction of sp³-hybridized carbons (Fsp3) is 0.320. The second-order valence-electron chi connectivity index (χ2n) is 8.41. The number of benzene rings is 2. The van der Waals surface area contributed by atoms with Crippen molar-refractivity contribution in [2.24, 2.45) is 0 Å². The van der Waals surface area contributed by atoms with E-state index in [1.165, 1.54) is 0 Å². The summed E-state index contributed by atoms with van der Waals surface area (Å²) in [7, 11) is 0. The second kappa shape index (κ2) is 9.86. The van der Waals surface area contributed by atoms with E-state index in [1.807, 2.05) is 0 Å². The van der Waals surface area contributed by atoms with Crippen LogP contribution >= 0.6 is 0 Å². The molecule has 9 heteroatoms. The highest BCUT2D eigenvalue weighted by Gasteiger charge is 2.51. The molecule has 0 aromatic heterocycles. The molecule has 1 saturated carbocycles. The average molecular weight is 463 g/mol. The van der Waals surface area contributed by atoms with E-state index in [2.05, 4.69) is 10.6 Å². The lowest BCUT2D eigenvalue weighted by atomic mass is 9.82. The third-order valence-corrected chi connectivity index (χ3v) is 6.09. The van der Waals surface area contributed by atoms with Gasteiger partial charge in [-0.25, -0.2) is 4.79 Å². The molecule has 4 rings (SSSR count). The zero-order chi connectivity index (χ0) is 24.1. The molecule has 1 saturated heterocycles. The number of carbonyl (C=O) groups is 5. The Bertz CT molecular complexity index is 1120. The molecule has 4 amide bonds. The first-order valence-corrected chi connectivity index (χ1v) is 11.2. The molecule has 2 aromatic carbocycles. The maximum absolute atomic E-state index is 12.8. The minimum absolute atomic E-state index is 0.260. The first kappa shape index (κ1) is 23.2. The van der Waals surface area contributed by atoms with Crippen LogP contribution in [0.2, 0.25) is 0 Å². The number of esters is 1.